The number of H-pyrrole nitrogens is 1. The maximum Gasteiger partial charge on any atom is 0.0490 e. The largest absolute Gasteiger partial charge is 0.316 e. The molecule has 4 heteroatoms. The Morgan fingerprint density at radius 3 is 2.89 bits per heavy atom. The van der Waals surface area contributed by atoms with Gasteiger partial charge in [0.2, 0.25) is 0 Å². The normalized spacial score (nSPS) is 30.9. The highest BCUT2D eigenvalue weighted by molar-refractivity contribution is 5.07. The standard InChI is InChI=1S/C14H24N4/c1-14(5-7-15-10-14)11-18-8-3-12(4-9-18)13-2-6-16-17-13/h2,6,12,15H,3-5,7-11H2,1H3,(H,16,17). The molecule has 1 atom stereocenters. The van der Waals surface area contributed by atoms with Gasteiger partial charge in [-0.2, -0.15) is 5.10 Å². The molecule has 0 bridgehead atoms. The molecule has 2 aliphatic heterocycles. The Morgan fingerprint density at radius 1 is 1.44 bits per heavy atom. The predicted octanol–water partition coefficient (Wildman–Crippen LogP) is 1.59. The van der Waals surface area contributed by atoms with Gasteiger partial charge in [0.15, 0.2) is 0 Å². The maximum atomic E-state index is 4.06. The van der Waals surface area contributed by atoms with Gasteiger partial charge in [-0.1, -0.05) is 6.92 Å². The summed E-state index contributed by atoms with van der Waals surface area (Å²) in [6.07, 6.45) is 5.73. The van der Waals surface area contributed by atoms with Crippen molar-refractivity contribution >= 4 is 0 Å². The van der Waals surface area contributed by atoms with E-state index in [0.29, 0.717) is 11.3 Å². The molecular weight excluding hydrogens is 224 g/mol. The first kappa shape index (κ1) is 12.2. The third-order valence-corrected chi connectivity index (χ3v) is 4.61. The van der Waals surface area contributed by atoms with Crippen molar-refractivity contribution in [3.63, 3.8) is 0 Å². The summed E-state index contributed by atoms with van der Waals surface area (Å²) in [6, 6.07) is 2.13. The van der Waals surface area contributed by atoms with Crippen LogP contribution in [-0.4, -0.2) is 47.8 Å². The number of aromatic amines is 1. The highest BCUT2D eigenvalue weighted by Crippen LogP contribution is 2.30. The first-order valence-corrected chi connectivity index (χ1v) is 7.18. The van der Waals surface area contributed by atoms with Crippen molar-refractivity contribution in [2.45, 2.75) is 32.1 Å². The monoisotopic (exact) mass is 248 g/mol. The smallest absolute Gasteiger partial charge is 0.0490 e. The molecular formula is C14H24N4. The highest BCUT2D eigenvalue weighted by Gasteiger charge is 2.32. The molecule has 0 amide bonds. The number of piperidine rings is 1. The minimum atomic E-state index is 0.501. The first-order chi connectivity index (χ1) is 8.75. The molecule has 3 rings (SSSR count). The zero-order valence-electron chi connectivity index (χ0n) is 11.3. The van der Waals surface area contributed by atoms with Gasteiger partial charge in [-0.25, -0.2) is 0 Å². The number of likely N-dealkylation sites (tertiary alicyclic amines) is 1. The first-order valence-electron chi connectivity index (χ1n) is 7.18. The van der Waals surface area contributed by atoms with E-state index in [2.05, 4.69) is 33.4 Å². The van der Waals surface area contributed by atoms with Crippen LogP contribution in [0.4, 0.5) is 0 Å². The quantitative estimate of drug-likeness (QED) is 0.854. The highest BCUT2D eigenvalue weighted by atomic mass is 15.2. The average Bonchev–Trinajstić information content (AvgIpc) is 3.02. The maximum absolute atomic E-state index is 4.06. The SMILES string of the molecule is CC1(CN2CCC(c3ccn[nH]3)CC2)CCNC1. The zero-order chi connectivity index (χ0) is 12.4. The average molecular weight is 248 g/mol. The summed E-state index contributed by atoms with van der Waals surface area (Å²) >= 11 is 0. The van der Waals surface area contributed by atoms with E-state index in [0.717, 1.165) is 0 Å². The van der Waals surface area contributed by atoms with Crippen LogP contribution in [0, 0.1) is 5.41 Å². The molecule has 2 saturated heterocycles. The van der Waals surface area contributed by atoms with Crippen molar-refractivity contribution < 1.29 is 0 Å². The fourth-order valence-corrected chi connectivity index (χ4v) is 3.44. The van der Waals surface area contributed by atoms with Crippen LogP contribution in [0.2, 0.25) is 0 Å². The molecule has 18 heavy (non-hydrogen) atoms. The van der Waals surface area contributed by atoms with Crippen LogP contribution >= 0.6 is 0 Å². The van der Waals surface area contributed by atoms with Crippen molar-refractivity contribution in [1.82, 2.24) is 20.4 Å². The molecule has 1 unspecified atom stereocenters. The van der Waals surface area contributed by atoms with Gasteiger partial charge in [0.25, 0.3) is 0 Å². The van der Waals surface area contributed by atoms with Gasteiger partial charge in [0.05, 0.1) is 0 Å². The molecule has 4 nitrogen and oxygen atoms in total. The van der Waals surface area contributed by atoms with Gasteiger partial charge < -0.3 is 10.2 Å². The molecule has 2 fully saturated rings. The lowest BCUT2D eigenvalue weighted by molar-refractivity contribution is 0.143. The van der Waals surface area contributed by atoms with Crippen LogP contribution in [0.3, 0.4) is 0 Å². The van der Waals surface area contributed by atoms with E-state index in [1.54, 1.807) is 0 Å². The van der Waals surface area contributed by atoms with Gasteiger partial charge in [-0.3, -0.25) is 5.10 Å². The van der Waals surface area contributed by atoms with E-state index in [1.807, 2.05) is 6.20 Å². The number of hydrogen-bond donors (Lipinski definition) is 2. The minimum absolute atomic E-state index is 0.501. The van der Waals surface area contributed by atoms with Gasteiger partial charge >= 0.3 is 0 Å². The van der Waals surface area contributed by atoms with Crippen LogP contribution < -0.4 is 5.32 Å². The molecule has 0 aliphatic carbocycles. The molecule has 0 radical (unpaired) electrons. The Labute approximate surface area is 109 Å². The van der Waals surface area contributed by atoms with E-state index >= 15 is 0 Å². The van der Waals surface area contributed by atoms with Gasteiger partial charge in [0, 0.05) is 30.9 Å². The van der Waals surface area contributed by atoms with E-state index in [-0.39, 0.29) is 0 Å². The second-order valence-electron chi connectivity index (χ2n) is 6.30. The molecule has 0 saturated carbocycles. The summed E-state index contributed by atoms with van der Waals surface area (Å²) in [7, 11) is 0. The molecule has 0 aromatic carbocycles. The van der Waals surface area contributed by atoms with Crippen molar-refractivity contribution in [1.29, 1.82) is 0 Å². The molecule has 2 aliphatic rings. The molecule has 3 heterocycles. The Kier molecular flexibility index (Phi) is 3.39. The number of aromatic nitrogens is 2. The fourth-order valence-electron chi connectivity index (χ4n) is 3.44. The lowest BCUT2D eigenvalue weighted by atomic mass is 9.87. The summed E-state index contributed by atoms with van der Waals surface area (Å²) in [5.74, 6) is 0.693. The summed E-state index contributed by atoms with van der Waals surface area (Å²) in [4.78, 5) is 2.65. The number of rotatable bonds is 3. The van der Waals surface area contributed by atoms with E-state index < -0.39 is 0 Å². The topological polar surface area (TPSA) is 44.0 Å². The number of hydrogen-bond acceptors (Lipinski definition) is 3. The lowest BCUT2D eigenvalue weighted by Crippen LogP contribution is -2.41. The van der Waals surface area contributed by atoms with Crippen LogP contribution in [0.1, 0.15) is 37.8 Å². The lowest BCUT2D eigenvalue weighted by Gasteiger charge is -2.36. The van der Waals surface area contributed by atoms with Crippen molar-refractivity contribution in [3.8, 4) is 0 Å². The van der Waals surface area contributed by atoms with E-state index in [9.17, 15) is 0 Å². The summed E-state index contributed by atoms with van der Waals surface area (Å²) in [6.45, 7) is 8.54. The summed E-state index contributed by atoms with van der Waals surface area (Å²) in [5, 5.41) is 10.7. The Hall–Kier alpha value is -0.870. The van der Waals surface area contributed by atoms with Gasteiger partial charge in [-0.05, 0) is 50.4 Å². The van der Waals surface area contributed by atoms with E-state index in [1.165, 1.54) is 57.7 Å². The van der Waals surface area contributed by atoms with Gasteiger partial charge in [-0.15, -0.1) is 0 Å². The Morgan fingerprint density at radius 2 is 2.28 bits per heavy atom. The second-order valence-corrected chi connectivity index (χ2v) is 6.30. The molecule has 100 valence electrons. The van der Waals surface area contributed by atoms with Crippen LogP contribution in [0.15, 0.2) is 12.3 Å². The molecule has 1 aromatic rings. The number of nitrogens with zero attached hydrogens (tertiary/aromatic N) is 2. The van der Waals surface area contributed by atoms with Crippen molar-refractivity contribution in [2.75, 3.05) is 32.7 Å². The third-order valence-electron chi connectivity index (χ3n) is 4.61. The fraction of sp³-hybridized carbons (Fsp3) is 0.786. The second kappa shape index (κ2) is 5.02. The van der Waals surface area contributed by atoms with Crippen LogP contribution in [-0.2, 0) is 0 Å². The molecule has 1 aromatic heterocycles. The van der Waals surface area contributed by atoms with E-state index in [4.69, 9.17) is 0 Å². The third kappa shape index (κ3) is 2.59. The minimum Gasteiger partial charge on any atom is -0.316 e. The predicted molar refractivity (Wildman–Crippen MR) is 72.6 cm³/mol. The number of nitrogens with one attached hydrogen (secondary N) is 2. The van der Waals surface area contributed by atoms with Crippen molar-refractivity contribution in [2.24, 2.45) is 5.41 Å². The Balaban J connectivity index is 1.51. The zero-order valence-corrected chi connectivity index (χ0v) is 11.3. The van der Waals surface area contributed by atoms with Crippen molar-refractivity contribution in [3.05, 3.63) is 18.0 Å². The Bertz CT molecular complexity index is 359. The van der Waals surface area contributed by atoms with Crippen LogP contribution in [0.5, 0.6) is 0 Å². The van der Waals surface area contributed by atoms with Crippen LogP contribution in [0.25, 0.3) is 0 Å². The van der Waals surface area contributed by atoms with Gasteiger partial charge in [0.1, 0.15) is 0 Å². The summed E-state index contributed by atoms with van der Waals surface area (Å²) in [5.41, 5.74) is 1.82. The molecule has 2 N–H and O–H groups in total. The molecule has 0 spiro atoms. The summed E-state index contributed by atoms with van der Waals surface area (Å²) < 4.78 is 0.